The second-order valence-corrected chi connectivity index (χ2v) is 5.57. The van der Waals surface area contributed by atoms with Gasteiger partial charge in [-0.3, -0.25) is 9.78 Å². The first-order valence-corrected chi connectivity index (χ1v) is 6.99. The number of nitrogens with zero attached hydrogens (tertiary/aromatic N) is 1. The molecule has 0 fully saturated rings. The molecule has 0 aliphatic rings. The van der Waals surface area contributed by atoms with Crippen LogP contribution in [0.15, 0.2) is 24.4 Å². The number of pyridine rings is 1. The Morgan fingerprint density at radius 2 is 2.16 bits per heavy atom. The minimum atomic E-state index is -0.184. The summed E-state index contributed by atoms with van der Waals surface area (Å²) in [6.45, 7) is 4.49. The lowest BCUT2D eigenvalue weighted by molar-refractivity contribution is 0.0952. The first kappa shape index (κ1) is 13.5. The molecular formula is C14H17N3OS. The molecule has 0 saturated heterocycles. The number of hydrogen-bond acceptors (Lipinski definition) is 4. The third-order valence-corrected chi connectivity index (χ3v) is 4.04. The Bertz CT molecular complexity index is 592. The van der Waals surface area contributed by atoms with E-state index in [-0.39, 0.29) is 5.91 Å². The van der Waals surface area contributed by atoms with Crippen molar-refractivity contribution in [1.29, 1.82) is 0 Å². The van der Waals surface area contributed by atoms with E-state index in [4.69, 9.17) is 5.73 Å². The molecule has 0 spiro atoms. The summed E-state index contributed by atoms with van der Waals surface area (Å²) in [5.74, 6) is -0.184. The van der Waals surface area contributed by atoms with Crippen LogP contribution < -0.4 is 11.1 Å². The standard InChI is InChI=1S/C14H17N3OS/c1-3-10-4-5-11(19-10)7-17-14(18)12-8-16-9(2)6-13(12)15/h4-6,8H,3,7H2,1-2H3,(H2,15,16)(H,17,18). The Hall–Kier alpha value is -1.88. The molecule has 0 aliphatic carbocycles. The van der Waals surface area contributed by atoms with Crippen LogP contribution in [0, 0.1) is 6.92 Å². The Morgan fingerprint density at radius 3 is 2.79 bits per heavy atom. The van der Waals surface area contributed by atoms with Gasteiger partial charge in [0.05, 0.1) is 12.1 Å². The van der Waals surface area contributed by atoms with E-state index in [1.54, 1.807) is 17.4 Å². The molecular weight excluding hydrogens is 258 g/mol. The SMILES string of the molecule is CCc1ccc(CNC(=O)c2cnc(C)cc2N)s1. The highest BCUT2D eigenvalue weighted by atomic mass is 32.1. The lowest BCUT2D eigenvalue weighted by atomic mass is 10.2. The van der Waals surface area contributed by atoms with Crippen molar-refractivity contribution in [3.8, 4) is 0 Å². The average molecular weight is 275 g/mol. The van der Waals surface area contributed by atoms with Gasteiger partial charge in [0.15, 0.2) is 0 Å². The molecule has 4 nitrogen and oxygen atoms in total. The van der Waals surface area contributed by atoms with Crippen LogP contribution in [0.3, 0.4) is 0 Å². The van der Waals surface area contributed by atoms with Gasteiger partial charge in [-0.25, -0.2) is 0 Å². The summed E-state index contributed by atoms with van der Waals surface area (Å²) in [7, 11) is 0. The van der Waals surface area contributed by atoms with Gasteiger partial charge in [0.25, 0.3) is 5.91 Å². The molecule has 0 atom stereocenters. The molecule has 1 amide bonds. The number of carbonyl (C=O) groups is 1. The Morgan fingerprint density at radius 1 is 1.42 bits per heavy atom. The number of rotatable bonds is 4. The van der Waals surface area contributed by atoms with Crippen molar-refractivity contribution in [1.82, 2.24) is 10.3 Å². The number of hydrogen-bond donors (Lipinski definition) is 2. The van der Waals surface area contributed by atoms with Gasteiger partial charge in [0, 0.05) is 27.3 Å². The van der Waals surface area contributed by atoms with Crippen LogP contribution in [0.1, 0.15) is 32.7 Å². The third-order valence-electron chi connectivity index (χ3n) is 2.81. The fourth-order valence-electron chi connectivity index (χ4n) is 1.74. The summed E-state index contributed by atoms with van der Waals surface area (Å²) in [5.41, 5.74) is 7.52. The highest BCUT2D eigenvalue weighted by Gasteiger charge is 2.10. The first-order chi connectivity index (χ1) is 9.10. The first-order valence-electron chi connectivity index (χ1n) is 6.18. The van der Waals surface area contributed by atoms with Crippen molar-refractivity contribution in [3.63, 3.8) is 0 Å². The zero-order valence-corrected chi connectivity index (χ0v) is 11.9. The van der Waals surface area contributed by atoms with Crippen LogP contribution in [0.5, 0.6) is 0 Å². The highest BCUT2D eigenvalue weighted by molar-refractivity contribution is 7.11. The molecule has 2 aromatic heterocycles. The fourth-order valence-corrected chi connectivity index (χ4v) is 2.64. The lowest BCUT2D eigenvalue weighted by Crippen LogP contribution is -2.23. The molecule has 2 rings (SSSR count). The van der Waals surface area contributed by atoms with Crippen molar-refractivity contribution in [3.05, 3.63) is 45.4 Å². The van der Waals surface area contributed by atoms with Crippen molar-refractivity contribution in [2.75, 3.05) is 5.73 Å². The summed E-state index contributed by atoms with van der Waals surface area (Å²) in [6.07, 6.45) is 2.54. The number of nitrogen functional groups attached to an aromatic ring is 1. The molecule has 3 N–H and O–H groups in total. The molecule has 0 bridgehead atoms. The van der Waals surface area contributed by atoms with Crippen LogP contribution in [0.25, 0.3) is 0 Å². The van der Waals surface area contributed by atoms with E-state index in [0.29, 0.717) is 17.8 Å². The number of nitrogens with two attached hydrogens (primary N) is 1. The molecule has 100 valence electrons. The largest absolute Gasteiger partial charge is 0.398 e. The Kier molecular flexibility index (Phi) is 4.16. The normalized spacial score (nSPS) is 10.4. The number of nitrogens with one attached hydrogen (secondary N) is 1. The number of thiophene rings is 1. The van der Waals surface area contributed by atoms with E-state index in [1.807, 2.05) is 13.0 Å². The summed E-state index contributed by atoms with van der Waals surface area (Å²) < 4.78 is 0. The minimum absolute atomic E-state index is 0.184. The molecule has 2 aromatic rings. The predicted octanol–water partition coefficient (Wildman–Crippen LogP) is 2.53. The minimum Gasteiger partial charge on any atom is -0.398 e. The molecule has 0 radical (unpaired) electrons. The van der Waals surface area contributed by atoms with Crippen molar-refractivity contribution in [2.45, 2.75) is 26.8 Å². The summed E-state index contributed by atoms with van der Waals surface area (Å²) >= 11 is 1.72. The number of anilines is 1. The van der Waals surface area contributed by atoms with Crippen molar-refractivity contribution < 1.29 is 4.79 Å². The number of carbonyl (C=O) groups excluding carboxylic acids is 1. The van der Waals surface area contributed by atoms with Crippen LogP contribution in [-0.4, -0.2) is 10.9 Å². The van der Waals surface area contributed by atoms with Gasteiger partial charge in [-0.2, -0.15) is 0 Å². The second-order valence-electron chi connectivity index (χ2n) is 4.32. The second kappa shape index (κ2) is 5.84. The number of amides is 1. The average Bonchev–Trinajstić information content (AvgIpc) is 2.84. The molecule has 19 heavy (non-hydrogen) atoms. The van der Waals surface area contributed by atoms with Gasteiger partial charge in [0.2, 0.25) is 0 Å². The monoisotopic (exact) mass is 275 g/mol. The van der Waals surface area contributed by atoms with E-state index < -0.39 is 0 Å². The van der Waals surface area contributed by atoms with Crippen LogP contribution in [-0.2, 0) is 13.0 Å². The predicted molar refractivity (Wildman–Crippen MR) is 78.3 cm³/mol. The van der Waals surface area contributed by atoms with Crippen LogP contribution >= 0.6 is 11.3 Å². The summed E-state index contributed by atoms with van der Waals surface area (Å²) in [4.78, 5) is 18.6. The van der Waals surface area contributed by atoms with E-state index in [0.717, 1.165) is 17.0 Å². The maximum atomic E-state index is 12.0. The lowest BCUT2D eigenvalue weighted by Gasteiger charge is -2.06. The van der Waals surface area contributed by atoms with Gasteiger partial charge < -0.3 is 11.1 Å². The van der Waals surface area contributed by atoms with Gasteiger partial charge in [-0.15, -0.1) is 11.3 Å². The van der Waals surface area contributed by atoms with E-state index >= 15 is 0 Å². The zero-order valence-electron chi connectivity index (χ0n) is 11.1. The smallest absolute Gasteiger partial charge is 0.255 e. The van der Waals surface area contributed by atoms with Crippen LogP contribution in [0.4, 0.5) is 5.69 Å². The Labute approximate surface area is 116 Å². The number of aromatic nitrogens is 1. The maximum absolute atomic E-state index is 12.0. The Balaban J connectivity index is 2.01. The quantitative estimate of drug-likeness (QED) is 0.901. The van der Waals surface area contributed by atoms with Gasteiger partial charge in [0.1, 0.15) is 0 Å². The summed E-state index contributed by atoms with van der Waals surface area (Å²) in [5, 5.41) is 2.86. The molecule has 2 heterocycles. The number of aryl methyl sites for hydroxylation is 2. The van der Waals surface area contributed by atoms with E-state index in [9.17, 15) is 4.79 Å². The third kappa shape index (κ3) is 3.32. The maximum Gasteiger partial charge on any atom is 0.255 e. The van der Waals surface area contributed by atoms with Gasteiger partial charge >= 0.3 is 0 Å². The molecule has 0 saturated carbocycles. The topological polar surface area (TPSA) is 68.0 Å². The van der Waals surface area contributed by atoms with Crippen molar-refractivity contribution in [2.24, 2.45) is 0 Å². The van der Waals surface area contributed by atoms with Crippen molar-refractivity contribution >= 4 is 22.9 Å². The van der Waals surface area contributed by atoms with Crippen LogP contribution in [0.2, 0.25) is 0 Å². The fraction of sp³-hybridized carbons (Fsp3) is 0.286. The highest BCUT2D eigenvalue weighted by Crippen LogP contribution is 2.17. The van der Waals surface area contributed by atoms with E-state index in [1.165, 1.54) is 11.1 Å². The molecule has 0 unspecified atom stereocenters. The molecule has 0 aliphatic heterocycles. The summed E-state index contributed by atoms with van der Waals surface area (Å²) in [6, 6.07) is 5.84. The molecule has 0 aromatic carbocycles. The molecule has 5 heteroatoms. The van der Waals surface area contributed by atoms with Gasteiger partial charge in [-0.05, 0) is 31.5 Å². The van der Waals surface area contributed by atoms with Gasteiger partial charge in [-0.1, -0.05) is 6.92 Å². The van der Waals surface area contributed by atoms with E-state index in [2.05, 4.69) is 23.3 Å². The zero-order chi connectivity index (χ0) is 13.8.